The van der Waals surface area contributed by atoms with E-state index in [0.717, 1.165) is 19.5 Å². The maximum Gasteiger partial charge on any atom is 0.324 e. The molecule has 3 rings (SSSR count). The van der Waals surface area contributed by atoms with Crippen molar-refractivity contribution in [2.75, 3.05) is 19.6 Å². The second-order valence-corrected chi connectivity index (χ2v) is 5.77. The van der Waals surface area contributed by atoms with Crippen LogP contribution in [0.4, 0.5) is 4.79 Å². The summed E-state index contributed by atoms with van der Waals surface area (Å²) in [5.74, 6) is -0.106. The van der Waals surface area contributed by atoms with Gasteiger partial charge in [-0.05, 0) is 24.9 Å². The maximum absolute atomic E-state index is 11.7. The van der Waals surface area contributed by atoms with Crippen LogP contribution in [0.1, 0.15) is 24.8 Å². The lowest BCUT2D eigenvalue weighted by molar-refractivity contribution is -0.125. The van der Waals surface area contributed by atoms with Gasteiger partial charge in [0.25, 0.3) is 0 Å². The van der Waals surface area contributed by atoms with Crippen molar-refractivity contribution in [2.24, 2.45) is 0 Å². The van der Waals surface area contributed by atoms with E-state index in [0.29, 0.717) is 6.54 Å². The molecular weight excluding hydrogens is 266 g/mol. The first kappa shape index (κ1) is 14.1. The Kier molecular flexibility index (Phi) is 4.20. The van der Waals surface area contributed by atoms with Crippen LogP contribution in [0.5, 0.6) is 0 Å². The average Bonchev–Trinajstić information content (AvgIpc) is 2.82. The molecule has 5 nitrogen and oxygen atoms in total. The van der Waals surface area contributed by atoms with Crippen LogP contribution in [0.2, 0.25) is 0 Å². The smallest absolute Gasteiger partial charge is 0.324 e. The Balaban J connectivity index is 1.67. The van der Waals surface area contributed by atoms with Crippen LogP contribution in [-0.2, 0) is 11.3 Å². The molecule has 0 unspecified atom stereocenters. The third-order valence-corrected chi connectivity index (χ3v) is 4.31. The lowest BCUT2D eigenvalue weighted by atomic mass is 10.0. The molecule has 21 heavy (non-hydrogen) atoms. The summed E-state index contributed by atoms with van der Waals surface area (Å²) in [6, 6.07) is 10.4. The summed E-state index contributed by atoms with van der Waals surface area (Å²) in [7, 11) is 0. The largest absolute Gasteiger partial charge is 0.329 e. The summed E-state index contributed by atoms with van der Waals surface area (Å²) in [6.45, 7) is 2.57. The molecule has 1 aromatic rings. The molecule has 1 aromatic carbocycles. The third kappa shape index (κ3) is 3.24. The van der Waals surface area contributed by atoms with E-state index in [4.69, 9.17) is 0 Å². The van der Waals surface area contributed by atoms with Gasteiger partial charge in [-0.15, -0.1) is 0 Å². The van der Waals surface area contributed by atoms with Crippen molar-refractivity contribution in [1.82, 2.24) is 15.1 Å². The standard InChI is InChI=1S/C16H21N3O2/c20-15-10-17-16(21)19(15)12-14-8-4-5-9-18(14)11-13-6-2-1-3-7-13/h1-3,6-7,14H,4-5,8-12H2,(H,17,21)/t14-/m0/s1. The van der Waals surface area contributed by atoms with Gasteiger partial charge < -0.3 is 5.32 Å². The lowest BCUT2D eigenvalue weighted by Crippen LogP contribution is -2.48. The highest BCUT2D eigenvalue weighted by atomic mass is 16.2. The van der Waals surface area contributed by atoms with Gasteiger partial charge in [0, 0.05) is 19.1 Å². The zero-order valence-electron chi connectivity index (χ0n) is 12.1. The van der Waals surface area contributed by atoms with Gasteiger partial charge in [0.1, 0.15) is 0 Å². The monoisotopic (exact) mass is 287 g/mol. The molecule has 0 bridgehead atoms. The van der Waals surface area contributed by atoms with Crippen molar-refractivity contribution in [3.8, 4) is 0 Å². The van der Waals surface area contributed by atoms with Crippen LogP contribution in [0.15, 0.2) is 30.3 Å². The predicted octanol–water partition coefficient (Wildman–Crippen LogP) is 1.59. The van der Waals surface area contributed by atoms with Gasteiger partial charge in [-0.25, -0.2) is 4.79 Å². The SMILES string of the molecule is O=C1CNC(=O)N1C[C@@H]1CCCCN1Cc1ccccc1. The first-order valence-electron chi connectivity index (χ1n) is 7.60. The quantitative estimate of drug-likeness (QED) is 0.856. The van der Waals surface area contributed by atoms with E-state index >= 15 is 0 Å². The van der Waals surface area contributed by atoms with Crippen molar-refractivity contribution < 1.29 is 9.59 Å². The fraction of sp³-hybridized carbons (Fsp3) is 0.500. The van der Waals surface area contributed by atoms with Gasteiger partial charge in [0.15, 0.2) is 0 Å². The molecule has 0 aromatic heterocycles. The van der Waals surface area contributed by atoms with Crippen molar-refractivity contribution in [1.29, 1.82) is 0 Å². The average molecular weight is 287 g/mol. The van der Waals surface area contributed by atoms with E-state index in [2.05, 4.69) is 22.3 Å². The summed E-state index contributed by atoms with van der Waals surface area (Å²) >= 11 is 0. The number of piperidine rings is 1. The minimum atomic E-state index is -0.245. The summed E-state index contributed by atoms with van der Waals surface area (Å²) < 4.78 is 0. The number of hydrogen-bond donors (Lipinski definition) is 1. The van der Waals surface area contributed by atoms with E-state index in [-0.39, 0.29) is 24.5 Å². The van der Waals surface area contributed by atoms with E-state index < -0.39 is 0 Å². The van der Waals surface area contributed by atoms with Crippen LogP contribution in [0.3, 0.4) is 0 Å². The topological polar surface area (TPSA) is 52.7 Å². The lowest BCUT2D eigenvalue weighted by Gasteiger charge is -2.37. The van der Waals surface area contributed by atoms with Gasteiger partial charge in [-0.3, -0.25) is 14.6 Å². The molecule has 5 heteroatoms. The fourth-order valence-corrected chi connectivity index (χ4v) is 3.14. The fourth-order valence-electron chi connectivity index (χ4n) is 3.14. The summed E-state index contributed by atoms with van der Waals surface area (Å²) in [5, 5.41) is 2.59. The highest BCUT2D eigenvalue weighted by Gasteiger charge is 2.33. The molecule has 1 N–H and O–H groups in total. The van der Waals surface area contributed by atoms with Crippen molar-refractivity contribution >= 4 is 11.9 Å². The number of nitrogens with one attached hydrogen (secondary N) is 1. The molecule has 0 saturated carbocycles. The van der Waals surface area contributed by atoms with Gasteiger partial charge in [0.05, 0.1) is 6.54 Å². The van der Waals surface area contributed by atoms with E-state index in [1.54, 1.807) is 0 Å². The zero-order chi connectivity index (χ0) is 14.7. The minimum Gasteiger partial charge on any atom is -0.329 e. The van der Waals surface area contributed by atoms with Gasteiger partial charge in [-0.1, -0.05) is 36.8 Å². The number of nitrogens with zero attached hydrogens (tertiary/aromatic N) is 2. The summed E-state index contributed by atoms with van der Waals surface area (Å²) in [5.41, 5.74) is 1.28. The molecule has 2 aliphatic rings. The normalized spacial score (nSPS) is 23.4. The number of carbonyl (C=O) groups is 2. The highest BCUT2D eigenvalue weighted by Crippen LogP contribution is 2.21. The van der Waals surface area contributed by atoms with E-state index in [1.807, 2.05) is 18.2 Å². The molecule has 2 saturated heterocycles. The molecular formula is C16H21N3O2. The van der Waals surface area contributed by atoms with Crippen LogP contribution >= 0.6 is 0 Å². The minimum absolute atomic E-state index is 0.106. The Hall–Kier alpha value is -1.88. The maximum atomic E-state index is 11.7. The Labute approximate surface area is 124 Å². The van der Waals surface area contributed by atoms with Gasteiger partial charge >= 0.3 is 6.03 Å². The van der Waals surface area contributed by atoms with Crippen LogP contribution in [0, 0.1) is 0 Å². The van der Waals surface area contributed by atoms with Gasteiger partial charge in [-0.2, -0.15) is 0 Å². The Bertz CT molecular complexity index is 502. The van der Waals surface area contributed by atoms with Crippen molar-refractivity contribution in [3.63, 3.8) is 0 Å². The molecule has 2 fully saturated rings. The van der Waals surface area contributed by atoms with Crippen LogP contribution in [-0.4, -0.2) is 47.4 Å². The van der Waals surface area contributed by atoms with Crippen LogP contribution < -0.4 is 5.32 Å². The number of benzene rings is 1. The molecule has 1 atom stereocenters. The third-order valence-electron chi connectivity index (χ3n) is 4.31. The van der Waals surface area contributed by atoms with Crippen molar-refractivity contribution in [2.45, 2.75) is 31.8 Å². The summed E-state index contributed by atoms with van der Waals surface area (Å²) in [4.78, 5) is 27.2. The molecule has 112 valence electrons. The second kappa shape index (κ2) is 6.26. The Morgan fingerprint density at radius 1 is 1.14 bits per heavy atom. The number of hydrogen-bond acceptors (Lipinski definition) is 3. The molecule has 2 aliphatic heterocycles. The van der Waals surface area contributed by atoms with Crippen molar-refractivity contribution in [3.05, 3.63) is 35.9 Å². The molecule has 0 aliphatic carbocycles. The second-order valence-electron chi connectivity index (χ2n) is 5.77. The predicted molar refractivity (Wildman–Crippen MR) is 79.6 cm³/mol. The zero-order valence-corrected chi connectivity index (χ0v) is 12.1. The first-order chi connectivity index (χ1) is 10.2. The number of imide groups is 1. The Morgan fingerprint density at radius 3 is 2.67 bits per heavy atom. The van der Waals surface area contributed by atoms with Gasteiger partial charge in [0.2, 0.25) is 5.91 Å². The molecule has 3 amide bonds. The Morgan fingerprint density at radius 2 is 1.95 bits per heavy atom. The number of amides is 3. The summed E-state index contributed by atoms with van der Waals surface area (Å²) in [6.07, 6.45) is 3.40. The molecule has 0 radical (unpaired) electrons. The number of likely N-dealkylation sites (tertiary alicyclic amines) is 1. The highest BCUT2D eigenvalue weighted by molar-refractivity contribution is 6.01. The first-order valence-corrected chi connectivity index (χ1v) is 7.60. The van der Waals surface area contributed by atoms with Crippen LogP contribution in [0.25, 0.3) is 0 Å². The number of carbonyl (C=O) groups excluding carboxylic acids is 2. The number of rotatable bonds is 4. The molecule has 0 spiro atoms. The number of urea groups is 1. The van der Waals surface area contributed by atoms with E-state index in [1.165, 1.54) is 23.3 Å². The van der Waals surface area contributed by atoms with E-state index in [9.17, 15) is 9.59 Å². The molecule has 2 heterocycles.